The van der Waals surface area contributed by atoms with Crippen LogP contribution in [0, 0.1) is 0 Å². The number of benzene rings is 1. The average Bonchev–Trinajstić information content (AvgIpc) is 2.81. The second kappa shape index (κ2) is 8.22. The molecule has 1 amide bonds. The minimum atomic E-state index is -0.589. The molecule has 1 N–H and O–H groups in total. The Morgan fingerprint density at radius 2 is 1.91 bits per heavy atom. The van der Waals surface area contributed by atoms with Crippen LogP contribution in [0.2, 0.25) is 0 Å². The zero-order valence-electron chi connectivity index (χ0n) is 17.3. The largest absolute Gasteiger partial charge is 0.502 e. The molecule has 0 aliphatic carbocycles. The van der Waals surface area contributed by atoms with Crippen LogP contribution in [-0.4, -0.2) is 38.8 Å². The fraction of sp³-hybridized carbons (Fsp3) is 0.208. The first kappa shape index (κ1) is 19.9. The van der Waals surface area contributed by atoms with Crippen LogP contribution >= 0.6 is 0 Å². The maximum absolute atomic E-state index is 13.2. The van der Waals surface area contributed by atoms with E-state index < -0.39 is 17.2 Å². The highest BCUT2D eigenvalue weighted by molar-refractivity contribution is 5.96. The van der Waals surface area contributed by atoms with Gasteiger partial charge in [0, 0.05) is 30.6 Å². The van der Waals surface area contributed by atoms with Crippen LogP contribution in [0.3, 0.4) is 0 Å². The lowest BCUT2D eigenvalue weighted by Crippen LogP contribution is -2.55. The predicted molar refractivity (Wildman–Crippen MR) is 118 cm³/mol. The number of carbonyl (C=O) groups is 1. The molecule has 2 bridgehead atoms. The Morgan fingerprint density at radius 1 is 1.06 bits per heavy atom. The highest BCUT2D eigenvalue weighted by Gasteiger charge is 2.37. The van der Waals surface area contributed by atoms with Gasteiger partial charge in [-0.2, -0.15) is 0 Å². The van der Waals surface area contributed by atoms with E-state index in [0.29, 0.717) is 18.7 Å². The Kier molecular flexibility index (Phi) is 5.10. The van der Waals surface area contributed by atoms with E-state index in [1.165, 1.54) is 12.3 Å². The van der Waals surface area contributed by atoms with Gasteiger partial charge in [0.2, 0.25) is 5.43 Å². The molecule has 3 aromatic rings. The van der Waals surface area contributed by atoms with Crippen molar-refractivity contribution in [2.45, 2.75) is 18.9 Å². The molecule has 5 rings (SSSR count). The molecule has 2 aliphatic rings. The molecule has 0 spiro atoms. The van der Waals surface area contributed by atoms with Crippen molar-refractivity contribution >= 4 is 5.91 Å². The molecule has 0 saturated heterocycles. The third kappa shape index (κ3) is 3.39. The third-order valence-electron chi connectivity index (χ3n) is 5.71. The number of nitrogens with zero attached hydrogens (tertiary/aromatic N) is 4. The summed E-state index contributed by atoms with van der Waals surface area (Å²) in [5.41, 5.74) is 0.946. The van der Waals surface area contributed by atoms with E-state index in [4.69, 9.17) is 4.74 Å². The smallest absolute Gasteiger partial charge is 0.277 e. The Labute approximate surface area is 184 Å². The maximum Gasteiger partial charge on any atom is 0.277 e. The van der Waals surface area contributed by atoms with E-state index in [9.17, 15) is 14.7 Å². The van der Waals surface area contributed by atoms with E-state index >= 15 is 0 Å². The molecule has 2 aliphatic heterocycles. The molecule has 0 radical (unpaired) electrons. The van der Waals surface area contributed by atoms with Crippen LogP contribution in [0.15, 0.2) is 78.1 Å². The van der Waals surface area contributed by atoms with Gasteiger partial charge in [-0.15, -0.1) is 0 Å². The Balaban J connectivity index is 1.78. The number of fused-ring (bicyclic) bond motifs is 5. The molecule has 0 fully saturated rings. The van der Waals surface area contributed by atoms with Crippen molar-refractivity contribution < 1.29 is 14.6 Å². The lowest BCUT2D eigenvalue weighted by Gasteiger charge is -2.43. The molecular weight excluding hydrogens is 408 g/mol. The first-order valence-electron chi connectivity index (χ1n) is 10.5. The van der Waals surface area contributed by atoms with Gasteiger partial charge in [0.25, 0.3) is 5.91 Å². The van der Waals surface area contributed by atoms with Crippen LogP contribution in [0.1, 0.15) is 40.6 Å². The average molecular weight is 430 g/mol. The van der Waals surface area contributed by atoms with Gasteiger partial charge in [-0.05, 0) is 37.1 Å². The van der Waals surface area contributed by atoms with Crippen molar-refractivity contribution in [1.82, 2.24) is 14.6 Å². The number of allylic oxidation sites excluding steroid dienone is 1. The molecule has 8 nitrogen and oxygen atoms in total. The molecule has 0 saturated carbocycles. The van der Waals surface area contributed by atoms with Crippen LogP contribution in [0.4, 0.5) is 0 Å². The monoisotopic (exact) mass is 430 g/mol. The fourth-order valence-corrected chi connectivity index (χ4v) is 4.18. The number of aromatic nitrogens is 2. The second-order valence-corrected chi connectivity index (χ2v) is 7.70. The number of para-hydroxylation sites is 1. The van der Waals surface area contributed by atoms with Crippen molar-refractivity contribution in [3.8, 4) is 11.5 Å². The van der Waals surface area contributed by atoms with Crippen molar-refractivity contribution in [1.29, 1.82) is 0 Å². The van der Waals surface area contributed by atoms with E-state index in [1.807, 2.05) is 53.5 Å². The molecule has 32 heavy (non-hydrogen) atoms. The summed E-state index contributed by atoms with van der Waals surface area (Å²) in [5.74, 6) is -0.263. The molecule has 2 aromatic heterocycles. The summed E-state index contributed by atoms with van der Waals surface area (Å²) < 4.78 is 7.54. The standard InChI is InChI=1S/C24H22N4O4/c29-19-11-14-27-22(23(19)30)24(31)26-13-6-1-7-15-32-20-10-3-2-8-17(20)21(28(27)16-26)18-9-4-5-12-25-18/h2-5,7-12,14-15,21,30H,1,6,13,16H2/b15-7+. The normalized spacial score (nSPS) is 19.1. The highest BCUT2D eigenvalue weighted by atomic mass is 16.5. The van der Waals surface area contributed by atoms with Crippen molar-refractivity contribution in [3.63, 3.8) is 0 Å². The summed E-state index contributed by atoms with van der Waals surface area (Å²) in [6.07, 6.45) is 8.28. The third-order valence-corrected chi connectivity index (χ3v) is 5.71. The van der Waals surface area contributed by atoms with Crippen molar-refractivity contribution in [2.24, 2.45) is 0 Å². The van der Waals surface area contributed by atoms with Crippen molar-refractivity contribution in [3.05, 3.63) is 100 Å². The molecule has 1 atom stereocenters. The zero-order valence-corrected chi connectivity index (χ0v) is 17.3. The van der Waals surface area contributed by atoms with Gasteiger partial charge < -0.3 is 14.7 Å². The number of aromatic hydroxyl groups is 1. The topological polar surface area (TPSA) is 87.9 Å². The number of pyridine rings is 2. The van der Waals surface area contributed by atoms with Gasteiger partial charge in [0.05, 0.1) is 12.0 Å². The predicted octanol–water partition coefficient (Wildman–Crippen LogP) is 2.78. The molecule has 4 heterocycles. The van der Waals surface area contributed by atoms with Gasteiger partial charge >= 0.3 is 0 Å². The van der Waals surface area contributed by atoms with E-state index in [-0.39, 0.29) is 18.3 Å². The lowest BCUT2D eigenvalue weighted by atomic mass is 10.0. The van der Waals surface area contributed by atoms with E-state index in [2.05, 4.69) is 4.98 Å². The minimum absolute atomic E-state index is 0.0457. The second-order valence-electron chi connectivity index (χ2n) is 7.70. The van der Waals surface area contributed by atoms with Gasteiger partial charge in [0.1, 0.15) is 18.5 Å². The summed E-state index contributed by atoms with van der Waals surface area (Å²) >= 11 is 0. The highest BCUT2D eigenvalue weighted by Crippen LogP contribution is 2.36. The zero-order chi connectivity index (χ0) is 22.1. The van der Waals surface area contributed by atoms with Gasteiger partial charge in [0.15, 0.2) is 11.4 Å². The first-order valence-corrected chi connectivity index (χ1v) is 10.5. The van der Waals surface area contributed by atoms with Crippen LogP contribution < -0.4 is 15.2 Å². The number of amides is 1. The number of carbonyl (C=O) groups excluding carboxylic acids is 1. The number of rotatable bonds is 1. The molecule has 1 unspecified atom stereocenters. The summed E-state index contributed by atoms with van der Waals surface area (Å²) in [5, 5.41) is 12.5. The Hall–Kier alpha value is -4.07. The van der Waals surface area contributed by atoms with Crippen molar-refractivity contribution in [2.75, 3.05) is 18.2 Å². The summed E-state index contributed by atoms with van der Waals surface area (Å²) in [4.78, 5) is 31.7. The quantitative estimate of drug-likeness (QED) is 0.639. The molecular formula is C24H22N4O4. The van der Waals surface area contributed by atoms with Gasteiger partial charge in [-0.3, -0.25) is 24.3 Å². The molecule has 1 aromatic carbocycles. The van der Waals surface area contributed by atoms with Gasteiger partial charge in [-0.1, -0.05) is 24.3 Å². The number of ether oxygens (including phenoxy) is 1. The van der Waals surface area contributed by atoms with Crippen LogP contribution in [0.25, 0.3) is 0 Å². The van der Waals surface area contributed by atoms with E-state index in [1.54, 1.807) is 22.0 Å². The maximum atomic E-state index is 13.2. The summed E-state index contributed by atoms with van der Waals surface area (Å²) in [7, 11) is 0. The molecule has 162 valence electrons. The summed E-state index contributed by atoms with van der Waals surface area (Å²) in [6.45, 7) is 0.728. The van der Waals surface area contributed by atoms with Crippen LogP contribution in [-0.2, 0) is 0 Å². The molecule has 8 heteroatoms. The Morgan fingerprint density at radius 3 is 2.75 bits per heavy atom. The van der Waals surface area contributed by atoms with E-state index in [0.717, 1.165) is 17.7 Å². The first-order chi connectivity index (χ1) is 15.6. The summed E-state index contributed by atoms with van der Waals surface area (Å²) in [6, 6.07) is 14.1. The SMILES string of the molecule is O=C1c2c(O)c(=O)ccn2N2CN1CCC/C=C/Oc1ccccc1C2c1ccccn1. The lowest BCUT2D eigenvalue weighted by molar-refractivity contribution is 0.0677. The van der Waals surface area contributed by atoms with Crippen LogP contribution in [0.5, 0.6) is 11.5 Å². The Bertz CT molecular complexity index is 1240. The number of hydrogen-bond acceptors (Lipinski definition) is 6. The fourth-order valence-electron chi connectivity index (χ4n) is 4.18. The number of hydrogen-bond donors (Lipinski definition) is 1. The van der Waals surface area contributed by atoms with Gasteiger partial charge in [-0.25, -0.2) is 0 Å². The minimum Gasteiger partial charge on any atom is -0.502 e.